The lowest BCUT2D eigenvalue weighted by molar-refractivity contribution is -0.137. The number of piperidine rings is 1. The van der Waals surface area contributed by atoms with E-state index in [0.717, 1.165) is 42.6 Å². The Kier molecular flexibility index (Phi) is 6.48. The molecule has 1 saturated heterocycles. The first-order valence-electron chi connectivity index (χ1n) is 10.5. The van der Waals surface area contributed by atoms with Crippen LogP contribution in [0.3, 0.4) is 0 Å². The van der Waals surface area contributed by atoms with Crippen LogP contribution in [-0.2, 0) is 16.1 Å². The molecule has 0 atom stereocenters. The summed E-state index contributed by atoms with van der Waals surface area (Å²) in [5, 5.41) is 8.98. The molecule has 1 aromatic heterocycles. The molecule has 7 heteroatoms. The number of aromatic nitrogens is 1. The van der Waals surface area contributed by atoms with Crippen LogP contribution in [-0.4, -0.2) is 49.1 Å². The minimum Gasteiger partial charge on any atom is -0.423 e. The van der Waals surface area contributed by atoms with Gasteiger partial charge in [-0.05, 0) is 42.7 Å². The Bertz CT molecular complexity index is 1030. The van der Waals surface area contributed by atoms with Crippen molar-refractivity contribution < 1.29 is 13.9 Å². The fraction of sp³-hybridized carbons (Fsp3) is 0.375. The quantitative estimate of drug-likeness (QED) is 0.583. The third-order valence-corrected chi connectivity index (χ3v) is 5.73. The Balaban J connectivity index is 1.39. The number of anilines is 1. The molecule has 0 N–H and O–H groups in total. The van der Waals surface area contributed by atoms with E-state index in [0.29, 0.717) is 31.3 Å². The number of carbonyl (C=O) groups excluding carboxylic acids is 1. The van der Waals surface area contributed by atoms with Gasteiger partial charge >= 0.3 is 0 Å². The van der Waals surface area contributed by atoms with Gasteiger partial charge in [-0.25, -0.2) is 0 Å². The molecule has 7 nitrogen and oxygen atoms in total. The fourth-order valence-corrected chi connectivity index (χ4v) is 3.94. The number of hydrogen-bond donors (Lipinski definition) is 0. The predicted octanol–water partition coefficient (Wildman–Crippen LogP) is 3.59. The summed E-state index contributed by atoms with van der Waals surface area (Å²) in [7, 11) is 1.64. The molecule has 1 aliphatic heterocycles. The van der Waals surface area contributed by atoms with Crippen molar-refractivity contribution in [2.45, 2.75) is 19.4 Å². The lowest BCUT2D eigenvalue weighted by atomic mass is 9.95. The van der Waals surface area contributed by atoms with Crippen molar-refractivity contribution in [2.75, 3.05) is 38.3 Å². The second kappa shape index (κ2) is 9.63. The number of para-hydroxylation sites is 2. The van der Waals surface area contributed by atoms with Gasteiger partial charge in [-0.3, -0.25) is 4.79 Å². The number of nitriles is 1. The van der Waals surface area contributed by atoms with Crippen LogP contribution in [0.2, 0.25) is 0 Å². The summed E-state index contributed by atoms with van der Waals surface area (Å²) in [5.74, 6) is 0.120. The molecule has 0 saturated carbocycles. The maximum Gasteiger partial charge on any atom is 0.298 e. The molecule has 3 aromatic rings. The summed E-state index contributed by atoms with van der Waals surface area (Å²) in [6, 6.07) is 17.9. The molecule has 0 spiro atoms. The molecule has 0 aliphatic carbocycles. The summed E-state index contributed by atoms with van der Waals surface area (Å²) in [6.07, 6.45) is 1.52. The molecule has 0 bridgehead atoms. The van der Waals surface area contributed by atoms with Crippen LogP contribution in [0.1, 0.15) is 24.0 Å². The summed E-state index contributed by atoms with van der Waals surface area (Å²) >= 11 is 0. The van der Waals surface area contributed by atoms with Gasteiger partial charge in [0, 0.05) is 39.2 Å². The Morgan fingerprint density at radius 3 is 2.65 bits per heavy atom. The predicted molar refractivity (Wildman–Crippen MR) is 117 cm³/mol. The van der Waals surface area contributed by atoms with Gasteiger partial charge in [-0.15, -0.1) is 0 Å². The third-order valence-electron chi connectivity index (χ3n) is 5.73. The van der Waals surface area contributed by atoms with Crippen LogP contribution < -0.4 is 4.90 Å². The molecule has 0 unspecified atom stereocenters. The highest BCUT2D eigenvalue weighted by molar-refractivity contribution is 5.79. The fourth-order valence-electron chi connectivity index (χ4n) is 3.94. The van der Waals surface area contributed by atoms with Gasteiger partial charge in [0.15, 0.2) is 5.58 Å². The van der Waals surface area contributed by atoms with E-state index in [-0.39, 0.29) is 11.8 Å². The molecule has 1 amide bonds. The number of methoxy groups -OCH3 is 1. The number of ether oxygens (including phenoxy) is 1. The van der Waals surface area contributed by atoms with E-state index in [4.69, 9.17) is 14.4 Å². The topological polar surface area (TPSA) is 82.6 Å². The molecule has 31 heavy (non-hydrogen) atoms. The molecule has 2 aromatic carbocycles. The average Bonchev–Trinajstić information content (AvgIpc) is 3.26. The van der Waals surface area contributed by atoms with Crippen LogP contribution in [0.15, 0.2) is 52.9 Å². The summed E-state index contributed by atoms with van der Waals surface area (Å²) in [6.45, 7) is 3.01. The van der Waals surface area contributed by atoms with Crippen LogP contribution in [0, 0.1) is 17.2 Å². The van der Waals surface area contributed by atoms with E-state index in [9.17, 15) is 4.79 Å². The normalized spacial score (nSPS) is 14.5. The van der Waals surface area contributed by atoms with E-state index in [2.05, 4.69) is 16.0 Å². The zero-order valence-electron chi connectivity index (χ0n) is 17.7. The zero-order chi connectivity index (χ0) is 21.6. The van der Waals surface area contributed by atoms with Crippen LogP contribution in [0.4, 0.5) is 6.01 Å². The first-order valence-corrected chi connectivity index (χ1v) is 10.5. The van der Waals surface area contributed by atoms with Crippen molar-refractivity contribution >= 4 is 23.0 Å². The summed E-state index contributed by atoms with van der Waals surface area (Å²) in [4.78, 5) is 21.8. The van der Waals surface area contributed by atoms with Crippen molar-refractivity contribution in [1.29, 1.82) is 5.26 Å². The number of rotatable bonds is 7. The zero-order valence-corrected chi connectivity index (χ0v) is 17.7. The second-order valence-electron chi connectivity index (χ2n) is 7.79. The smallest absolute Gasteiger partial charge is 0.298 e. The number of benzene rings is 2. The van der Waals surface area contributed by atoms with Crippen molar-refractivity contribution in [3.63, 3.8) is 0 Å². The number of fused-ring (bicyclic) bond motifs is 1. The van der Waals surface area contributed by atoms with Crippen molar-refractivity contribution in [3.8, 4) is 6.07 Å². The van der Waals surface area contributed by atoms with Crippen LogP contribution in [0.25, 0.3) is 11.1 Å². The van der Waals surface area contributed by atoms with Gasteiger partial charge < -0.3 is 19.0 Å². The van der Waals surface area contributed by atoms with Crippen LogP contribution in [0.5, 0.6) is 0 Å². The SMILES string of the molecule is COCCN(Cc1ccc(C#N)cc1)C(=O)C1CCN(c2nc3ccccc3o2)CC1. The molecule has 0 radical (unpaired) electrons. The van der Waals surface area contributed by atoms with Gasteiger partial charge in [0.05, 0.1) is 18.2 Å². The minimum atomic E-state index is -0.0316. The van der Waals surface area contributed by atoms with Gasteiger partial charge in [0.25, 0.3) is 6.01 Å². The molecule has 1 fully saturated rings. The third kappa shape index (κ3) is 4.86. The standard InChI is InChI=1S/C24H26N4O3/c1-30-15-14-28(17-19-8-6-18(16-25)7-9-19)23(29)20-10-12-27(13-11-20)24-26-21-4-2-3-5-22(21)31-24/h2-9,20H,10-15,17H2,1H3. The Hall–Kier alpha value is -3.37. The molecule has 160 valence electrons. The van der Waals surface area contributed by atoms with Gasteiger partial charge in [-0.2, -0.15) is 10.2 Å². The van der Waals surface area contributed by atoms with Gasteiger partial charge in [0.1, 0.15) is 5.52 Å². The maximum atomic E-state index is 13.3. The molecule has 1 aliphatic rings. The van der Waals surface area contributed by atoms with E-state index in [1.54, 1.807) is 19.2 Å². The number of carbonyl (C=O) groups is 1. The number of nitrogens with zero attached hydrogens (tertiary/aromatic N) is 4. The van der Waals surface area contributed by atoms with E-state index in [1.165, 1.54) is 0 Å². The number of oxazole rings is 1. The second-order valence-corrected chi connectivity index (χ2v) is 7.79. The Labute approximate surface area is 181 Å². The maximum absolute atomic E-state index is 13.3. The highest BCUT2D eigenvalue weighted by atomic mass is 16.5. The average molecular weight is 418 g/mol. The highest BCUT2D eigenvalue weighted by Crippen LogP contribution is 2.27. The monoisotopic (exact) mass is 418 g/mol. The summed E-state index contributed by atoms with van der Waals surface area (Å²) < 4.78 is 11.1. The molecular formula is C24H26N4O3. The van der Waals surface area contributed by atoms with Gasteiger partial charge in [-0.1, -0.05) is 24.3 Å². The first-order chi connectivity index (χ1) is 15.2. The van der Waals surface area contributed by atoms with E-state index >= 15 is 0 Å². The molecular weight excluding hydrogens is 392 g/mol. The Morgan fingerprint density at radius 1 is 1.23 bits per heavy atom. The Morgan fingerprint density at radius 2 is 1.97 bits per heavy atom. The lowest BCUT2D eigenvalue weighted by Gasteiger charge is -2.33. The molecule has 2 heterocycles. The number of hydrogen-bond acceptors (Lipinski definition) is 6. The van der Waals surface area contributed by atoms with Crippen molar-refractivity contribution in [1.82, 2.24) is 9.88 Å². The summed E-state index contributed by atoms with van der Waals surface area (Å²) in [5.41, 5.74) is 3.25. The molecule has 4 rings (SSSR count). The lowest BCUT2D eigenvalue weighted by Crippen LogP contribution is -2.43. The largest absolute Gasteiger partial charge is 0.423 e. The van der Waals surface area contributed by atoms with Gasteiger partial charge in [0.2, 0.25) is 5.91 Å². The van der Waals surface area contributed by atoms with E-state index in [1.807, 2.05) is 41.3 Å². The minimum absolute atomic E-state index is 0.0316. The van der Waals surface area contributed by atoms with Crippen LogP contribution >= 0.6 is 0 Å². The van der Waals surface area contributed by atoms with Crippen molar-refractivity contribution in [3.05, 3.63) is 59.7 Å². The highest BCUT2D eigenvalue weighted by Gasteiger charge is 2.30. The number of amides is 1. The van der Waals surface area contributed by atoms with E-state index < -0.39 is 0 Å². The first kappa shape index (κ1) is 20.9. The van der Waals surface area contributed by atoms with Crippen molar-refractivity contribution in [2.24, 2.45) is 5.92 Å².